The summed E-state index contributed by atoms with van der Waals surface area (Å²) in [4.78, 5) is 20.3. The van der Waals surface area contributed by atoms with Crippen LogP contribution in [0.15, 0.2) is 0 Å². The van der Waals surface area contributed by atoms with Crippen LogP contribution in [-0.4, -0.2) is 57.7 Å². The van der Waals surface area contributed by atoms with E-state index in [0.29, 0.717) is 0 Å². The Kier molecular flexibility index (Phi) is 4.06. The molecule has 96 valence electrons. The van der Waals surface area contributed by atoms with Gasteiger partial charge in [-0.15, -0.1) is 0 Å². The zero-order valence-corrected chi connectivity index (χ0v) is 8.82. The fraction of sp³-hybridized carbons (Fsp3) is 1.00. The Balaban J connectivity index is 2.61. The summed E-state index contributed by atoms with van der Waals surface area (Å²) in [6.07, 6.45) is -4.93. The van der Waals surface area contributed by atoms with Gasteiger partial charge in [-0.3, -0.25) is 0 Å². The van der Waals surface area contributed by atoms with Crippen molar-refractivity contribution in [3.63, 3.8) is 0 Å². The van der Waals surface area contributed by atoms with Crippen LogP contribution < -0.4 is 9.79 Å². The van der Waals surface area contributed by atoms with Crippen LogP contribution in [0, 0.1) is 0 Å². The van der Waals surface area contributed by atoms with Crippen molar-refractivity contribution in [2.75, 3.05) is 13.2 Å². The Labute approximate surface area is 90.1 Å². The maximum Gasteiger partial charge on any atom is 0.219 e. The topological polar surface area (TPSA) is 163 Å². The van der Waals surface area contributed by atoms with Gasteiger partial charge < -0.3 is 44.0 Å². The molecule has 4 N–H and O–H groups in total. The van der Waals surface area contributed by atoms with Gasteiger partial charge in [0.2, 0.25) is 5.79 Å². The first-order valence-electron chi connectivity index (χ1n) is 4.23. The van der Waals surface area contributed by atoms with Gasteiger partial charge in [-0.1, -0.05) is 0 Å². The number of hydrogen-bond acceptors (Lipinski definition) is 9. The van der Waals surface area contributed by atoms with Crippen molar-refractivity contribution in [3.8, 4) is 0 Å². The third-order valence-electron chi connectivity index (χ3n) is 2.15. The SMILES string of the molecule is O=P([O-])([O-])OC[C@H]1O[C@](O)(CO)C(O)C1O. The monoisotopic (exact) mass is 258 g/mol. The van der Waals surface area contributed by atoms with Crippen LogP contribution in [-0.2, 0) is 13.8 Å². The van der Waals surface area contributed by atoms with E-state index in [1.807, 2.05) is 0 Å². The minimum absolute atomic E-state index is 0.856. The molecular weight excluding hydrogens is 247 g/mol. The fourth-order valence-corrected chi connectivity index (χ4v) is 1.63. The number of ether oxygens (including phenoxy) is 1. The second-order valence-corrected chi connectivity index (χ2v) is 4.49. The molecule has 9 nitrogen and oxygen atoms in total. The molecule has 0 aromatic heterocycles. The summed E-state index contributed by atoms with van der Waals surface area (Å²) in [7, 11) is -5.23. The highest BCUT2D eigenvalue weighted by Gasteiger charge is 2.53. The molecule has 1 aliphatic rings. The van der Waals surface area contributed by atoms with Crippen molar-refractivity contribution in [2.24, 2.45) is 0 Å². The van der Waals surface area contributed by atoms with Crippen LogP contribution in [0.5, 0.6) is 0 Å². The van der Waals surface area contributed by atoms with Gasteiger partial charge in [0, 0.05) is 0 Å². The second kappa shape index (κ2) is 4.65. The van der Waals surface area contributed by atoms with Gasteiger partial charge in [0.05, 0.1) is 21.0 Å². The van der Waals surface area contributed by atoms with Crippen molar-refractivity contribution in [1.29, 1.82) is 0 Å². The minimum Gasteiger partial charge on any atom is -0.790 e. The lowest BCUT2D eigenvalue weighted by molar-refractivity contribution is -0.344. The van der Waals surface area contributed by atoms with Crippen molar-refractivity contribution in [3.05, 3.63) is 0 Å². The molecule has 0 spiro atoms. The smallest absolute Gasteiger partial charge is 0.219 e. The molecule has 0 bridgehead atoms. The van der Waals surface area contributed by atoms with Gasteiger partial charge in [-0.05, 0) is 0 Å². The van der Waals surface area contributed by atoms with E-state index in [-0.39, 0.29) is 0 Å². The Morgan fingerprint density at radius 1 is 1.44 bits per heavy atom. The predicted octanol–water partition coefficient (Wildman–Crippen LogP) is -4.37. The summed E-state index contributed by atoms with van der Waals surface area (Å²) in [6.45, 7) is -1.86. The van der Waals surface area contributed by atoms with Gasteiger partial charge >= 0.3 is 0 Å². The van der Waals surface area contributed by atoms with Crippen molar-refractivity contribution < 1.29 is 44.0 Å². The van der Waals surface area contributed by atoms with E-state index in [0.717, 1.165) is 0 Å². The lowest BCUT2D eigenvalue weighted by Gasteiger charge is -2.30. The number of aliphatic hydroxyl groups is 4. The highest BCUT2D eigenvalue weighted by atomic mass is 31.2. The number of phosphoric acid groups is 1. The average Bonchev–Trinajstić information content (AvgIpc) is 2.40. The summed E-state index contributed by atoms with van der Waals surface area (Å²) < 4.78 is 18.6. The van der Waals surface area contributed by atoms with Gasteiger partial charge in [-0.25, -0.2) is 0 Å². The number of rotatable bonds is 4. The highest BCUT2D eigenvalue weighted by molar-refractivity contribution is 7.43. The first-order valence-corrected chi connectivity index (χ1v) is 5.69. The maximum atomic E-state index is 10.1. The molecular formula is C6H11O9P-2. The van der Waals surface area contributed by atoms with E-state index in [1.165, 1.54) is 0 Å². The van der Waals surface area contributed by atoms with E-state index in [9.17, 15) is 29.7 Å². The standard InChI is InChI=1S/C6H13O9P/c7-2-6(10)5(9)4(8)3(15-6)1-14-16(11,12)13/h3-5,7-10H,1-2H2,(H2,11,12,13)/p-2/t3-,4?,5?,6-/m1/s1. The first-order chi connectivity index (χ1) is 7.19. The van der Waals surface area contributed by atoms with Crippen LogP contribution in [0.4, 0.5) is 0 Å². The lowest BCUT2D eigenvalue weighted by Crippen LogP contribution is -2.46. The molecule has 0 radical (unpaired) electrons. The third-order valence-corrected chi connectivity index (χ3v) is 2.61. The highest BCUT2D eigenvalue weighted by Crippen LogP contribution is 2.32. The average molecular weight is 258 g/mol. The molecule has 4 atom stereocenters. The summed E-state index contributed by atoms with van der Waals surface area (Å²) in [5, 5.41) is 36.6. The van der Waals surface area contributed by atoms with Crippen molar-refractivity contribution in [2.45, 2.75) is 24.1 Å². The zero-order chi connectivity index (χ0) is 12.6. The van der Waals surface area contributed by atoms with E-state index in [2.05, 4.69) is 9.26 Å². The number of phosphoric ester groups is 1. The molecule has 0 amide bonds. The molecule has 16 heavy (non-hydrogen) atoms. The molecule has 1 fully saturated rings. The van der Waals surface area contributed by atoms with Crippen LogP contribution in [0.3, 0.4) is 0 Å². The molecule has 0 aliphatic carbocycles. The van der Waals surface area contributed by atoms with Gasteiger partial charge in [0.1, 0.15) is 18.3 Å². The molecule has 2 unspecified atom stereocenters. The number of hydrogen-bond donors (Lipinski definition) is 4. The molecule has 1 saturated heterocycles. The summed E-state index contributed by atoms with van der Waals surface area (Å²) >= 11 is 0. The number of aliphatic hydroxyl groups excluding tert-OH is 3. The normalized spacial score (nSPS) is 40.2. The largest absolute Gasteiger partial charge is 0.790 e. The second-order valence-electron chi connectivity index (χ2n) is 3.34. The quantitative estimate of drug-likeness (QED) is 0.365. The molecule has 10 heteroatoms. The molecule has 1 aliphatic heterocycles. The Bertz CT molecular complexity index is 290. The van der Waals surface area contributed by atoms with Gasteiger partial charge in [0.15, 0.2) is 0 Å². The Morgan fingerprint density at radius 3 is 2.38 bits per heavy atom. The third kappa shape index (κ3) is 2.98. The zero-order valence-electron chi connectivity index (χ0n) is 7.92. The molecule has 0 saturated carbocycles. The first kappa shape index (κ1) is 14.0. The van der Waals surface area contributed by atoms with E-state index >= 15 is 0 Å². The van der Waals surface area contributed by atoms with E-state index < -0.39 is 45.1 Å². The molecule has 1 heterocycles. The van der Waals surface area contributed by atoms with Crippen LogP contribution >= 0.6 is 7.82 Å². The molecule has 0 aromatic carbocycles. The molecule has 1 rings (SSSR count). The Hall–Kier alpha value is -0.0900. The lowest BCUT2D eigenvalue weighted by atomic mass is 10.1. The minimum atomic E-state index is -5.23. The summed E-state index contributed by atoms with van der Waals surface area (Å²) in [6, 6.07) is 0. The van der Waals surface area contributed by atoms with Crippen molar-refractivity contribution >= 4 is 7.82 Å². The van der Waals surface area contributed by atoms with Gasteiger partial charge in [0.25, 0.3) is 0 Å². The fourth-order valence-electron chi connectivity index (χ4n) is 1.30. The van der Waals surface area contributed by atoms with Crippen LogP contribution in [0.2, 0.25) is 0 Å². The maximum absolute atomic E-state index is 10.1. The summed E-state index contributed by atoms with van der Waals surface area (Å²) in [5.41, 5.74) is 0. The summed E-state index contributed by atoms with van der Waals surface area (Å²) in [5.74, 6) is -2.40. The van der Waals surface area contributed by atoms with E-state index in [4.69, 9.17) is 5.11 Å². The predicted molar refractivity (Wildman–Crippen MR) is 42.5 cm³/mol. The van der Waals surface area contributed by atoms with Crippen LogP contribution in [0.1, 0.15) is 0 Å². The molecule has 0 aromatic rings. The Morgan fingerprint density at radius 2 is 2.00 bits per heavy atom. The van der Waals surface area contributed by atoms with Crippen molar-refractivity contribution in [1.82, 2.24) is 0 Å². The van der Waals surface area contributed by atoms with Gasteiger partial charge in [-0.2, -0.15) is 0 Å². The van der Waals surface area contributed by atoms with E-state index in [1.54, 1.807) is 0 Å². The van der Waals surface area contributed by atoms with Crippen LogP contribution in [0.25, 0.3) is 0 Å².